The number of benzene rings is 2. The van der Waals surface area contributed by atoms with E-state index in [0.717, 1.165) is 14.7 Å². The van der Waals surface area contributed by atoms with E-state index in [9.17, 15) is 4.79 Å². The molecule has 2 aromatic rings. The molecule has 0 aliphatic rings. The van der Waals surface area contributed by atoms with Crippen molar-refractivity contribution in [2.75, 3.05) is 6.61 Å². The van der Waals surface area contributed by atoms with E-state index in [1.54, 1.807) is 6.08 Å². The molecule has 0 aliphatic heterocycles. The van der Waals surface area contributed by atoms with Crippen molar-refractivity contribution in [3.8, 4) is 11.5 Å². The van der Waals surface area contributed by atoms with E-state index >= 15 is 0 Å². The average Bonchev–Trinajstić information content (AvgIpc) is 2.52. The monoisotopic (exact) mass is 457 g/mol. The molecule has 0 aliphatic carbocycles. The molecule has 0 bridgehead atoms. The molecule has 0 saturated carbocycles. The fraction of sp³-hybridized carbons (Fsp3) is 0.167. The maximum atomic E-state index is 10.9. The minimum absolute atomic E-state index is 0.382. The summed E-state index contributed by atoms with van der Waals surface area (Å²) in [7, 11) is 0. The van der Waals surface area contributed by atoms with E-state index in [1.807, 2.05) is 43.3 Å². The predicted molar refractivity (Wildman–Crippen MR) is 104 cm³/mol. The highest BCUT2D eigenvalue weighted by atomic mass is 127. The smallest absolute Gasteiger partial charge is 0.241 e. The van der Waals surface area contributed by atoms with Gasteiger partial charge in [-0.2, -0.15) is 0 Å². The Morgan fingerprint density at radius 2 is 2.08 bits per heavy atom. The van der Waals surface area contributed by atoms with Crippen molar-refractivity contribution in [2.45, 2.75) is 13.5 Å². The molecule has 4 nitrogen and oxygen atoms in total. The first-order valence-corrected chi connectivity index (χ1v) is 8.76. The van der Waals surface area contributed by atoms with Gasteiger partial charge >= 0.3 is 0 Å². The molecule has 2 aromatic carbocycles. The van der Waals surface area contributed by atoms with Crippen molar-refractivity contribution >= 4 is 46.2 Å². The third kappa shape index (κ3) is 5.42. The second-order valence-electron chi connectivity index (χ2n) is 4.92. The number of amides is 1. The van der Waals surface area contributed by atoms with E-state index in [1.165, 1.54) is 6.08 Å². The molecule has 6 heteroatoms. The van der Waals surface area contributed by atoms with Gasteiger partial charge in [-0.05, 0) is 71.0 Å². The third-order valence-electron chi connectivity index (χ3n) is 3.04. The van der Waals surface area contributed by atoms with Crippen molar-refractivity contribution in [3.63, 3.8) is 0 Å². The summed E-state index contributed by atoms with van der Waals surface area (Å²) in [6.07, 6.45) is 2.96. The van der Waals surface area contributed by atoms with Crippen LogP contribution < -0.4 is 15.2 Å². The summed E-state index contributed by atoms with van der Waals surface area (Å²) >= 11 is 8.17. The summed E-state index contributed by atoms with van der Waals surface area (Å²) in [5.41, 5.74) is 6.92. The van der Waals surface area contributed by atoms with Gasteiger partial charge in [0.2, 0.25) is 5.91 Å². The highest BCUT2D eigenvalue weighted by molar-refractivity contribution is 14.1. The van der Waals surface area contributed by atoms with Crippen molar-refractivity contribution in [1.82, 2.24) is 0 Å². The van der Waals surface area contributed by atoms with Gasteiger partial charge in [0.15, 0.2) is 11.5 Å². The van der Waals surface area contributed by atoms with Crippen LogP contribution in [0.3, 0.4) is 0 Å². The molecule has 0 fully saturated rings. The van der Waals surface area contributed by atoms with Gasteiger partial charge in [0.05, 0.1) is 10.2 Å². The van der Waals surface area contributed by atoms with Crippen molar-refractivity contribution < 1.29 is 14.3 Å². The second kappa shape index (κ2) is 8.94. The van der Waals surface area contributed by atoms with E-state index in [-0.39, 0.29) is 0 Å². The van der Waals surface area contributed by atoms with Crippen molar-refractivity contribution in [3.05, 3.63) is 62.2 Å². The molecule has 2 N–H and O–H groups in total. The normalized spacial score (nSPS) is 10.8. The highest BCUT2D eigenvalue weighted by Crippen LogP contribution is 2.35. The lowest BCUT2D eigenvalue weighted by Crippen LogP contribution is -2.05. The minimum Gasteiger partial charge on any atom is -0.490 e. The Kier molecular flexibility index (Phi) is 6.93. The van der Waals surface area contributed by atoms with Crippen LogP contribution in [0.2, 0.25) is 5.02 Å². The number of rotatable bonds is 7. The molecule has 2 rings (SSSR count). The highest BCUT2D eigenvalue weighted by Gasteiger charge is 2.12. The summed E-state index contributed by atoms with van der Waals surface area (Å²) < 4.78 is 12.5. The van der Waals surface area contributed by atoms with Gasteiger partial charge in [0.25, 0.3) is 0 Å². The number of carbonyl (C=O) groups excluding carboxylic acids is 1. The number of carbonyl (C=O) groups is 1. The van der Waals surface area contributed by atoms with Gasteiger partial charge in [-0.1, -0.05) is 23.7 Å². The van der Waals surface area contributed by atoms with E-state index in [0.29, 0.717) is 29.7 Å². The van der Waals surface area contributed by atoms with Crippen LogP contribution >= 0.6 is 34.2 Å². The Morgan fingerprint density at radius 3 is 2.75 bits per heavy atom. The van der Waals surface area contributed by atoms with Crippen LogP contribution in [-0.2, 0) is 11.4 Å². The first-order chi connectivity index (χ1) is 11.5. The lowest BCUT2D eigenvalue weighted by molar-refractivity contribution is -0.113. The molecule has 1 amide bonds. The van der Waals surface area contributed by atoms with Crippen LogP contribution in [0.15, 0.2) is 42.5 Å². The third-order valence-corrected chi connectivity index (χ3v) is 4.08. The van der Waals surface area contributed by atoms with Gasteiger partial charge in [-0.3, -0.25) is 4.79 Å². The second-order valence-corrected chi connectivity index (χ2v) is 6.52. The molecule has 24 heavy (non-hydrogen) atoms. The molecule has 0 spiro atoms. The number of hydrogen-bond acceptors (Lipinski definition) is 3. The van der Waals surface area contributed by atoms with Gasteiger partial charge in [-0.25, -0.2) is 0 Å². The molecule has 126 valence electrons. The van der Waals surface area contributed by atoms with Crippen LogP contribution in [0.5, 0.6) is 11.5 Å². The molecule has 0 heterocycles. The number of nitrogens with two attached hydrogens (primary N) is 1. The first kappa shape index (κ1) is 18.6. The maximum Gasteiger partial charge on any atom is 0.241 e. The topological polar surface area (TPSA) is 61.5 Å². The van der Waals surface area contributed by atoms with Crippen molar-refractivity contribution in [2.24, 2.45) is 5.73 Å². The van der Waals surface area contributed by atoms with Gasteiger partial charge < -0.3 is 15.2 Å². The zero-order chi connectivity index (χ0) is 17.5. The molecule has 0 saturated heterocycles. The van der Waals surface area contributed by atoms with E-state index in [2.05, 4.69) is 22.6 Å². The molecule has 0 radical (unpaired) electrons. The van der Waals surface area contributed by atoms with E-state index in [4.69, 9.17) is 26.8 Å². The largest absolute Gasteiger partial charge is 0.490 e. The van der Waals surface area contributed by atoms with Crippen LogP contribution in [0.25, 0.3) is 6.08 Å². The quantitative estimate of drug-likeness (QED) is 0.494. The number of ether oxygens (including phenoxy) is 2. The van der Waals surface area contributed by atoms with Gasteiger partial charge in [0.1, 0.15) is 6.61 Å². The van der Waals surface area contributed by atoms with E-state index < -0.39 is 5.91 Å². The Hall–Kier alpha value is -1.73. The van der Waals surface area contributed by atoms with Crippen LogP contribution in [0.4, 0.5) is 0 Å². The molecule has 0 atom stereocenters. The minimum atomic E-state index is -0.496. The summed E-state index contributed by atoms with van der Waals surface area (Å²) in [5.74, 6) is 0.786. The van der Waals surface area contributed by atoms with Crippen molar-refractivity contribution in [1.29, 1.82) is 0 Å². The first-order valence-electron chi connectivity index (χ1n) is 7.30. The fourth-order valence-corrected chi connectivity index (χ4v) is 3.04. The zero-order valence-electron chi connectivity index (χ0n) is 13.1. The molecule has 0 aromatic heterocycles. The van der Waals surface area contributed by atoms with Gasteiger partial charge in [0, 0.05) is 11.1 Å². The summed E-state index contributed by atoms with van der Waals surface area (Å²) in [6, 6.07) is 11.2. The SMILES string of the molecule is CCOc1cc(C=CC(N)=O)cc(I)c1OCc1cccc(Cl)c1. The van der Waals surface area contributed by atoms with Crippen LogP contribution in [0.1, 0.15) is 18.1 Å². The predicted octanol–water partition coefficient (Wildman–Crippen LogP) is 4.42. The number of halogens is 2. The Labute approximate surface area is 159 Å². The number of primary amides is 1. The van der Waals surface area contributed by atoms with Crippen LogP contribution in [0, 0.1) is 3.57 Å². The average molecular weight is 458 g/mol. The standard InChI is InChI=1S/C18H17ClINO3/c1-2-23-16-10-12(6-7-17(21)22)9-15(20)18(16)24-11-13-4-3-5-14(19)8-13/h3-10H,2,11H2,1H3,(H2,21,22). The zero-order valence-corrected chi connectivity index (χ0v) is 16.0. The molecule has 0 unspecified atom stereocenters. The summed E-state index contributed by atoms with van der Waals surface area (Å²) in [6.45, 7) is 2.79. The lowest BCUT2D eigenvalue weighted by atomic mass is 10.2. The Balaban J connectivity index is 2.25. The Bertz CT molecular complexity index is 762. The van der Waals surface area contributed by atoms with Crippen LogP contribution in [-0.4, -0.2) is 12.5 Å². The maximum absolute atomic E-state index is 10.9. The fourth-order valence-electron chi connectivity index (χ4n) is 2.05. The molecular formula is C18H17ClINO3. The molecular weight excluding hydrogens is 441 g/mol. The Morgan fingerprint density at radius 1 is 1.29 bits per heavy atom. The summed E-state index contributed by atoms with van der Waals surface area (Å²) in [5, 5.41) is 0.669. The van der Waals surface area contributed by atoms with Gasteiger partial charge in [-0.15, -0.1) is 0 Å². The summed E-state index contributed by atoms with van der Waals surface area (Å²) in [4.78, 5) is 10.9. The number of hydrogen-bond donors (Lipinski definition) is 1. The lowest BCUT2D eigenvalue weighted by Gasteiger charge is -2.15.